The van der Waals surface area contributed by atoms with Gasteiger partial charge in [0.15, 0.2) is 0 Å². The quantitative estimate of drug-likeness (QED) is 0.538. The molecule has 3 aromatic carbocycles. The standard InChI is InChI=1S/C25H28ClN3O/c1-27(2)22-14-8-18(9-15-22)24(19-10-16-23(17-11-19)28(3)4)29(5)25(30)20-6-12-21(26)13-7-20/h6-17,24H,1-5H3. The van der Waals surface area contributed by atoms with E-state index in [0.29, 0.717) is 10.6 Å². The van der Waals surface area contributed by atoms with Crippen molar-refractivity contribution in [3.8, 4) is 0 Å². The van der Waals surface area contributed by atoms with Gasteiger partial charge in [0.2, 0.25) is 0 Å². The van der Waals surface area contributed by atoms with Crippen molar-refractivity contribution >= 4 is 28.9 Å². The third kappa shape index (κ3) is 4.77. The Labute approximate surface area is 184 Å². The Bertz CT molecular complexity index is 929. The van der Waals surface area contributed by atoms with Crippen molar-refractivity contribution in [2.24, 2.45) is 0 Å². The topological polar surface area (TPSA) is 26.8 Å². The predicted octanol–water partition coefficient (Wildman–Crippen LogP) is 5.33. The van der Waals surface area contributed by atoms with Gasteiger partial charge in [-0.15, -0.1) is 0 Å². The fraction of sp³-hybridized carbons (Fsp3) is 0.240. The number of hydrogen-bond donors (Lipinski definition) is 0. The van der Waals surface area contributed by atoms with E-state index in [1.807, 2.05) is 35.2 Å². The van der Waals surface area contributed by atoms with Gasteiger partial charge in [-0.1, -0.05) is 35.9 Å². The number of carbonyl (C=O) groups is 1. The summed E-state index contributed by atoms with van der Waals surface area (Å²) in [5.41, 5.74) is 4.96. The zero-order valence-electron chi connectivity index (χ0n) is 18.1. The first-order valence-corrected chi connectivity index (χ1v) is 10.2. The molecule has 0 saturated carbocycles. The molecule has 0 aliphatic carbocycles. The maximum atomic E-state index is 13.3. The molecule has 0 saturated heterocycles. The maximum absolute atomic E-state index is 13.3. The van der Waals surface area contributed by atoms with Gasteiger partial charge in [0.25, 0.3) is 5.91 Å². The van der Waals surface area contributed by atoms with Gasteiger partial charge in [0.1, 0.15) is 0 Å². The lowest BCUT2D eigenvalue weighted by Crippen LogP contribution is -2.32. The van der Waals surface area contributed by atoms with Crippen LogP contribution in [-0.4, -0.2) is 46.0 Å². The minimum Gasteiger partial charge on any atom is -0.378 e. The van der Waals surface area contributed by atoms with Crippen LogP contribution < -0.4 is 9.80 Å². The van der Waals surface area contributed by atoms with Crippen LogP contribution in [0.1, 0.15) is 27.5 Å². The van der Waals surface area contributed by atoms with E-state index in [4.69, 9.17) is 11.6 Å². The van der Waals surface area contributed by atoms with Crippen LogP contribution in [0.3, 0.4) is 0 Å². The van der Waals surface area contributed by atoms with Gasteiger partial charge in [0.05, 0.1) is 6.04 Å². The molecule has 3 rings (SSSR count). The third-order valence-electron chi connectivity index (χ3n) is 5.25. The highest BCUT2D eigenvalue weighted by molar-refractivity contribution is 6.30. The summed E-state index contributed by atoms with van der Waals surface area (Å²) in [6, 6.07) is 23.5. The van der Waals surface area contributed by atoms with Crippen LogP contribution in [0.2, 0.25) is 5.02 Å². The Balaban J connectivity index is 2.01. The number of carbonyl (C=O) groups excluding carboxylic acids is 1. The smallest absolute Gasteiger partial charge is 0.254 e. The summed E-state index contributed by atoms with van der Waals surface area (Å²) in [5.74, 6) is -0.0509. The van der Waals surface area contributed by atoms with E-state index in [0.717, 1.165) is 22.5 Å². The van der Waals surface area contributed by atoms with Crippen molar-refractivity contribution in [1.82, 2.24) is 4.90 Å². The summed E-state index contributed by atoms with van der Waals surface area (Å²) >= 11 is 6.00. The molecule has 0 unspecified atom stereocenters. The Morgan fingerprint density at radius 3 is 1.43 bits per heavy atom. The highest BCUT2D eigenvalue weighted by Gasteiger charge is 2.24. The highest BCUT2D eigenvalue weighted by Crippen LogP contribution is 2.31. The van der Waals surface area contributed by atoms with Crippen LogP contribution >= 0.6 is 11.6 Å². The summed E-state index contributed by atoms with van der Waals surface area (Å²) in [5, 5.41) is 0.615. The second-order valence-electron chi connectivity index (χ2n) is 7.80. The molecule has 156 valence electrons. The highest BCUT2D eigenvalue weighted by atomic mass is 35.5. The molecule has 0 N–H and O–H groups in total. The van der Waals surface area contributed by atoms with E-state index in [1.165, 1.54) is 0 Å². The molecule has 0 radical (unpaired) electrons. The number of anilines is 2. The zero-order valence-corrected chi connectivity index (χ0v) is 18.9. The average molecular weight is 422 g/mol. The summed E-state index contributed by atoms with van der Waals surface area (Å²) < 4.78 is 0. The Morgan fingerprint density at radius 2 is 1.07 bits per heavy atom. The van der Waals surface area contributed by atoms with Gasteiger partial charge in [-0.2, -0.15) is 0 Å². The largest absolute Gasteiger partial charge is 0.378 e. The van der Waals surface area contributed by atoms with E-state index >= 15 is 0 Å². The lowest BCUT2D eigenvalue weighted by atomic mass is 9.96. The normalized spacial score (nSPS) is 10.8. The first kappa shape index (κ1) is 21.7. The average Bonchev–Trinajstić information content (AvgIpc) is 2.74. The Hall–Kier alpha value is -2.98. The molecule has 3 aromatic rings. The fourth-order valence-corrected chi connectivity index (χ4v) is 3.59. The second kappa shape index (κ2) is 9.23. The molecule has 0 spiro atoms. The molecule has 5 heteroatoms. The van der Waals surface area contributed by atoms with Crippen LogP contribution in [-0.2, 0) is 0 Å². The lowest BCUT2D eigenvalue weighted by molar-refractivity contribution is 0.0755. The molecule has 0 aliphatic heterocycles. The van der Waals surface area contributed by atoms with Crippen LogP contribution in [0.15, 0.2) is 72.8 Å². The SMILES string of the molecule is CN(C)c1ccc(C(c2ccc(N(C)C)cc2)N(C)C(=O)c2ccc(Cl)cc2)cc1. The van der Waals surface area contributed by atoms with Gasteiger partial charge in [-0.25, -0.2) is 0 Å². The van der Waals surface area contributed by atoms with Crippen molar-refractivity contribution in [3.63, 3.8) is 0 Å². The first-order valence-electron chi connectivity index (χ1n) is 9.85. The van der Waals surface area contributed by atoms with E-state index in [-0.39, 0.29) is 11.9 Å². The maximum Gasteiger partial charge on any atom is 0.254 e. The number of benzene rings is 3. The molecule has 4 nitrogen and oxygen atoms in total. The molecule has 0 aromatic heterocycles. The number of nitrogens with zero attached hydrogens (tertiary/aromatic N) is 3. The molecule has 0 heterocycles. The summed E-state index contributed by atoms with van der Waals surface area (Å²) in [7, 11) is 9.91. The zero-order chi connectivity index (χ0) is 21.8. The molecular weight excluding hydrogens is 394 g/mol. The summed E-state index contributed by atoms with van der Waals surface area (Å²) in [4.78, 5) is 19.2. The Kier molecular flexibility index (Phi) is 6.68. The molecule has 0 aliphatic rings. The predicted molar refractivity (Wildman–Crippen MR) is 127 cm³/mol. The number of rotatable bonds is 6. The van der Waals surface area contributed by atoms with E-state index in [2.05, 4.69) is 58.3 Å². The van der Waals surface area contributed by atoms with Crippen molar-refractivity contribution in [2.75, 3.05) is 45.0 Å². The third-order valence-corrected chi connectivity index (χ3v) is 5.50. The molecule has 30 heavy (non-hydrogen) atoms. The second-order valence-corrected chi connectivity index (χ2v) is 8.23. The minimum atomic E-state index is -0.208. The van der Waals surface area contributed by atoms with Crippen molar-refractivity contribution in [2.45, 2.75) is 6.04 Å². The van der Waals surface area contributed by atoms with Crippen molar-refractivity contribution < 1.29 is 4.79 Å². The summed E-state index contributed by atoms with van der Waals surface area (Å²) in [6.07, 6.45) is 0. The minimum absolute atomic E-state index is 0.0509. The molecule has 0 bridgehead atoms. The van der Waals surface area contributed by atoms with E-state index < -0.39 is 0 Å². The van der Waals surface area contributed by atoms with Gasteiger partial charge >= 0.3 is 0 Å². The molecule has 1 amide bonds. The van der Waals surface area contributed by atoms with Crippen LogP contribution in [0.4, 0.5) is 11.4 Å². The van der Waals surface area contributed by atoms with Crippen molar-refractivity contribution in [3.05, 3.63) is 94.5 Å². The van der Waals surface area contributed by atoms with Gasteiger partial charge in [0, 0.05) is 57.2 Å². The van der Waals surface area contributed by atoms with E-state index in [1.54, 1.807) is 29.2 Å². The molecular formula is C25H28ClN3O. The lowest BCUT2D eigenvalue weighted by Gasteiger charge is -2.30. The van der Waals surface area contributed by atoms with Gasteiger partial charge < -0.3 is 14.7 Å². The van der Waals surface area contributed by atoms with Crippen LogP contribution in [0.25, 0.3) is 0 Å². The number of halogens is 1. The molecule has 0 fully saturated rings. The monoisotopic (exact) mass is 421 g/mol. The van der Waals surface area contributed by atoms with Gasteiger partial charge in [-0.05, 0) is 59.7 Å². The Morgan fingerprint density at radius 1 is 0.667 bits per heavy atom. The van der Waals surface area contributed by atoms with Crippen molar-refractivity contribution in [1.29, 1.82) is 0 Å². The van der Waals surface area contributed by atoms with Gasteiger partial charge in [-0.3, -0.25) is 4.79 Å². The first-order chi connectivity index (χ1) is 14.3. The summed E-state index contributed by atoms with van der Waals surface area (Å²) in [6.45, 7) is 0. The molecule has 0 atom stereocenters. The number of hydrogen-bond acceptors (Lipinski definition) is 3. The number of amides is 1. The fourth-order valence-electron chi connectivity index (χ4n) is 3.46. The van der Waals surface area contributed by atoms with E-state index in [9.17, 15) is 4.79 Å². The van der Waals surface area contributed by atoms with Crippen LogP contribution in [0.5, 0.6) is 0 Å². The van der Waals surface area contributed by atoms with Crippen LogP contribution in [0, 0.1) is 0 Å².